The van der Waals surface area contributed by atoms with Gasteiger partial charge >= 0.3 is 0 Å². The molecule has 36 heavy (non-hydrogen) atoms. The number of nitrogens with zero attached hydrogens (tertiary/aromatic N) is 1. The van der Waals surface area contributed by atoms with Gasteiger partial charge in [0.05, 0.1) is 25.3 Å². The number of Topliss-reactive ketones (excluding diaryl/α,β-unsaturated/α-hetero) is 1. The number of likely N-dealkylation sites (N-methyl/N-ethyl adjacent to an activating group) is 1. The van der Waals surface area contributed by atoms with Crippen LogP contribution in [0.2, 0.25) is 0 Å². The highest BCUT2D eigenvalue weighted by molar-refractivity contribution is 6.07. The molecule has 0 fully saturated rings. The Morgan fingerprint density at radius 3 is 2.64 bits per heavy atom. The number of nitrogens with one attached hydrogen (secondary N) is 3. The lowest BCUT2D eigenvalue weighted by atomic mass is 9.84. The van der Waals surface area contributed by atoms with E-state index >= 15 is 0 Å². The monoisotopic (exact) mass is 492 g/mol. The average molecular weight is 493 g/mol. The second kappa shape index (κ2) is 9.64. The van der Waals surface area contributed by atoms with Gasteiger partial charge in [0.25, 0.3) is 5.91 Å². The van der Waals surface area contributed by atoms with Gasteiger partial charge in [0, 0.05) is 35.8 Å². The molecule has 2 aromatic rings. The summed E-state index contributed by atoms with van der Waals surface area (Å²) in [7, 11) is 1.58. The minimum Gasteiger partial charge on any atom is -0.494 e. The highest BCUT2D eigenvalue weighted by atomic mass is 16.5. The topological polar surface area (TPSA) is 121 Å². The summed E-state index contributed by atoms with van der Waals surface area (Å²) in [6, 6.07) is 7.14. The number of ketones is 1. The SMILES string of the molecule is CCOc1cc2c(cc1CC(=O)NC)C(=N)N(CC(=O)c1cc3c(c(C(C)(C)C)c1)OCC(=O)N3)C2. The highest BCUT2D eigenvalue weighted by Gasteiger charge is 2.31. The summed E-state index contributed by atoms with van der Waals surface area (Å²) in [6.07, 6.45) is 0.143. The van der Waals surface area contributed by atoms with Crippen molar-refractivity contribution in [1.82, 2.24) is 10.2 Å². The number of anilines is 1. The highest BCUT2D eigenvalue weighted by Crippen LogP contribution is 2.40. The largest absolute Gasteiger partial charge is 0.494 e. The summed E-state index contributed by atoms with van der Waals surface area (Å²) >= 11 is 0. The lowest BCUT2D eigenvalue weighted by Crippen LogP contribution is -2.31. The molecule has 3 N–H and O–H groups in total. The number of rotatable bonds is 7. The maximum atomic E-state index is 13.4. The normalized spacial score (nSPS) is 14.5. The van der Waals surface area contributed by atoms with E-state index in [1.807, 2.05) is 45.9 Å². The fourth-order valence-corrected chi connectivity index (χ4v) is 4.48. The smallest absolute Gasteiger partial charge is 0.262 e. The Hall–Kier alpha value is -3.88. The van der Waals surface area contributed by atoms with E-state index in [4.69, 9.17) is 14.9 Å². The van der Waals surface area contributed by atoms with E-state index in [1.165, 1.54) is 0 Å². The Labute approximate surface area is 210 Å². The van der Waals surface area contributed by atoms with Crippen molar-refractivity contribution in [2.45, 2.75) is 46.1 Å². The van der Waals surface area contributed by atoms with Crippen LogP contribution in [0.25, 0.3) is 0 Å². The van der Waals surface area contributed by atoms with Crippen LogP contribution in [0.3, 0.4) is 0 Å². The van der Waals surface area contributed by atoms with E-state index in [0.29, 0.717) is 47.0 Å². The molecule has 2 amide bonds. The van der Waals surface area contributed by atoms with Crippen LogP contribution in [0.5, 0.6) is 11.5 Å². The zero-order valence-corrected chi connectivity index (χ0v) is 21.3. The van der Waals surface area contributed by atoms with E-state index in [9.17, 15) is 14.4 Å². The average Bonchev–Trinajstić information content (AvgIpc) is 3.11. The molecule has 9 heteroatoms. The molecule has 190 valence electrons. The Morgan fingerprint density at radius 2 is 1.97 bits per heavy atom. The molecular formula is C27H32N4O5. The van der Waals surface area contributed by atoms with Crippen molar-refractivity contribution in [1.29, 1.82) is 5.41 Å². The van der Waals surface area contributed by atoms with Crippen LogP contribution >= 0.6 is 0 Å². The first-order valence-corrected chi connectivity index (χ1v) is 12.0. The van der Waals surface area contributed by atoms with Crippen LogP contribution in [0, 0.1) is 5.41 Å². The quantitative estimate of drug-likeness (QED) is 0.511. The van der Waals surface area contributed by atoms with Crippen molar-refractivity contribution in [3.05, 3.63) is 52.1 Å². The molecule has 0 unspecified atom stereocenters. The van der Waals surface area contributed by atoms with Gasteiger partial charge in [0.2, 0.25) is 5.91 Å². The number of amides is 2. The van der Waals surface area contributed by atoms with Crippen LogP contribution in [0.1, 0.15) is 60.3 Å². The van der Waals surface area contributed by atoms with Gasteiger partial charge in [-0.3, -0.25) is 19.8 Å². The van der Waals surface area contributed by atoms with Crippen LogP contribution in [0.4, 0.5) is 5.69 Å². The van der Waals surface area contributed by atoms with Gasteiger partial charge < -0.3 is 25.0 Å². The summed E-state index contributed by atoms with van der Waals surface area (Å²) < 4.78 is 11.4. The lowest BCUT2D eigenvalue weighted by molar-refractivity contribution is -0.120. The summed E-state index contributed by atoms with van der Waals surface area (Å²) in [5, 5.41) is 14.1. The third-order valence-corrected chi connectivity index (χ3v) is 6.32. The molecule has 4 rings (SSSR count). The Bertz CT molecular complexity index is 1260. The summed E-state index contributed by atoms with van der Waals surface area (Å²) in [6.45, 7) is 8.73. The molecule has 0 aliphatic carbocycles. The van der Waals surface area contributed by atoms with Crippen molar-refractivity contribution in [2.24, 2.45) is 0 Å². The van der Waals surface area contributed by atoms with E-state index in [1.54, 1.807) is 18.0 Å². The number of fused-ring (bicyclic) bond motifs is 2. The van der Waals surface area contributed by atoms with Crippen LogP contribution in [-0.2, 0) is 28.0 Å². The summed E-state index contributed by atoms with van der Waals surface area (Å²) in [4.78, 5) is 39.0. The number of carbonyl (C=O) groups excluding carboxylic acids is 3. The van der Waals surface area contributed by atoms with Gasteiger partial charge in [-0.05, 0) is 42.2 Å². The standard InChI is InChI=1S/C27H32N4O5/c1-6-35-22-10-17-12-31(26(28)18(17)7-16(22)11-23(33)29-5)13-21(32)15-8-19(27(2,3)4)25-20(9-15)30-24(34)14-36-25/h7-10,28H,6,11-14H2,1-5H3,(H,29,33)(H,30,34). The van der Waals surface area contributed by atoms with Gasteiger partial charge in [-0.15, -0.1) is 0 Å². The van der Waals surface area contributed by atoms with Gasteiger partial charge in [-0.2, -0.15) is 0 Å². The van der Waals surface area contributed by atoms with Gasteiger partial charge in [0.15, 0.2) is 12.4 Å². The predicted molar refractivity (Wildman–Crippen MR) is 136 cm³/mol. The molecule has 2 aliphatic rings. The molecule has 0 spiro atoms. The molecule has 0 bridgehead atoms. The first-order chi connectivity index (χ1) is 17.0. The Kier molecular flexibility index (Phi) is 6.75. The van der Waals surface area contributed by atoms with E-state index in [0.717, 1.165) is 11.1 Å². The van der Waals surface area contributed by atoms with Crippen molar-refractivity contribution < 1.29 is 23.9 Å². The Balaban J connectivity index is 1.61. The molecule has 9 nitrogen and oxygen atoms in total. The summed E-state index contributed by atoms with van der Waals surface area (Å²) in [5.74, 6) is 0.849. The lowest BCUT2D eigenvalue weighted by Gasteiger charge is -2.28. The molecule has 0 radical (unpaired) electrons. The van der Waals surface area contributed by atoms with Crippen molar-refractivity contribution in [2.75, 3.05) is 32.1 Å². The zero-order valence-electron chi connectivity index (χ0n) is 21.3. The second-order valence-corrected chi connectivity index (χ2v) is 10.0. The number of benzene rings is 2. The zero-order chi connectivity index (χ0) is 26.2. The maximum Gasteiger partial charge on any atom is 0.262 e. The number of carbonyl (C=O) groups is 3. The van der Waals surface area contributed by atoms with E-state index < -0.39 is 0 Å². The number of amidine groups is 1. The third kappa shape index (κ3) is 4.91. The van der Waals surface area contributed by atoms with Gasteiger partial charge in [-0.1, -0.05) is 20.8 Å². The predicted octanol–water partition coefficient (Wildman–Crippen LogP) is 3.03. The molecule has 0 saturated heterocycles. The molecule has 2 heterocycles. The van der Waals surface area contributed by atoms with Crippen molar-refractivity contribution in [3.63, 3.8) is 0 Å². The molecule has 2 aromatic carbocycles. The van der Waals surface area contributed by atoms with Gasteiger partial charge in [-0.25, -0.2) is 0 Å². The maximum absolute atomic E-state index is 13.4. The number of hydrogen-bond acceptors (Lipinski definition) is 6. The van der Waals surface area contributed by atoms with Crippen molar-refractivity contribution in [3.8, 4) is 11.5 Å². The van der Waals surface area contributed by atoms with E-state index in [2.05, 4.69) is 10.6 Å². The van der Waals surface area contributed by atoms with Crippen LogP contribution in [0.15, 0.2) is 24.3 Å². The van der Waals surface area contributed by atoms with Crippen LogP contribution < -0.4 is 20.1 Å². The molecule has 2 aliphatic heterocycles. The van der Waals surface area contributed by atoms with E-state index in [-0.39, 0.29) is 48.4 Å². The molecular weight excluding hydrogens is 460 g/mol. The molecule has 0 saturated carbocycles. The Morgan fingerprint density at radius 1 is 1.22 bits per heavy atom. The fourth-order valence-electron chi connectivity index (χ4n) is 4.48. The molecule has 0 atom stereocenters. The number of hydrogen-bond donors (Lipinski definition) is 3. The minimum absolute atomic E-state index is 0.000561. The van der Waals surface area contributed by atoms with Gasteiger partial charge in [0.1, 0.15) is 17.3 Å². The first-order valence-electron chi connectivity index (χ1n) is 12.0. The van der Waals surface area contributed by atoms with Crippen molar-refractivity contribution >= 4 is 29.1 Å². The third-order valence-electron chi connectivity index (χ3n) is 6.32. The second-order valence-electron chi connectivity index (χ2n) is 10.0. The van der Waals surface area contributed by atoms with Crippen LogP contribution in [-0.4, -0.2) is 55.1 Å². The minimum atomic E-state index is -0.310. The molecule has 0 aromatic heterocycles. The first kappa shape index (κ1) is 25.2. The number of ether oxygens (including phenoxy) is 2. The summed E-state index contributed by atoms with van der Waals surface area (Å²) in [5.41, 5.74) is 3.72. The fraction of sp³-hybridized carbons (Fsp3) is 0.407.